The van der Waals surface area contributed by atoms with Crippen molar-refractivity contribution in [2.24, 2.45) is 5.92 Å². The van der Waals surface area contributed by atoms with Crippen molar-refractivity contribution in [2.75, 3.05) is 7.11 Å². The molecule has 1 unspecified atom stereocenters. The molecule has 0 aliphatic heterocycles. The van der Waals surface area contributed by atoms with Crippen molar-refractivity contribution in [2.45, 2.75) is 44.1 Å². The van der Waals surface area contributed by atoms with Crippen LogP contribution in [0, 0.1) is 5.92 Å². The summed E-state index contributed by atoms with van der Waals surface area (Å²) < 4.78 is 8.75. The van der Waals surface area contributed by atoms with Gasteiger partial charge in [-0.1, -0.05) is 37.7 Å². The Kier molecular flexibility index (Phi) is 6.32. The van der Waals surface area contributed by atoms with Crippen LogP contribution in [0.3, 0.4) is 0 Å². The third-order valence-corrected chi connectivity index (χ3v) is 6.48. The maximum Gasteiger partial charge on any atom is 0.262 e. The van der Waals surface area contributed by atoms with E-state index in [1.807, 2.05) is 35.6 Å². The molecule has 2 aromatic carbocycles. The Morgan fingerprint density at radius 3 is 2.47 bits per heavy atom. The van der Waals surface area contributed by atoms with Gasteiger partial charge in [-0.2, -0.15) is 0 Å². The van der Waals surface area contributed by atoms with Gasteiger partial charge in [0.25, 0.3) is 5.56 Å². The molecule has 4 aromatic rings. The molecule has 0 N–H and O–H groups in total. The Morgan fingerprint density at radius 1 is 1.06 bits per heavy atom. The highest BCUT2D eigenvalue weighted by atomic mass is 32.2. The zero-order valence-corrected chi connectivity index (χ0v) is 19.4. The number of benzene rings is 2. The third kappa shape index (κ3) is 4.14. The summed E-state index contributed by atoms with van der Waals surface area (Å²) in [5, 5.41) is 9.52. The summed E-state index contributed by atoms with van der Waals surface area (Å²) in [7, 11) is 1.59. The molecular weight excluding hydrogens is 424 g/mol. The van der Waals surface area contributed by atoms with E-state index in [4.69, 9.17) is 4.74 Å². The predicted octanol–water partition coefficient (Wildman–Crippen LogP) is 4.46. The number of ketones is 1. The molecule has 0 bridgehead atoms. The number of Topliss-reactive ketones (excluding diaryl/α,β-unsaturated/α-hetero) is 1. The van der Waals surface area contributed by atoms with Crippen LogP contribution in [0.2, 0.25) is 0 Å². The molecule has 32 heavy (non-hydrogen) atoms. The van der Waals surface area contributed by atoms with Gasteiger partial charge in [0, 0.05) is 12.1 Å². The van der Waals surface area contributed by atoms with E-state index in [1.165, 1.54) is 11.8 Å². The summed E-state index contributed by atoms with van der Waals surface area (Å²) in [5.74, 6) is 1.65. The van der Waals surface area contributed by atoms with E-state index in [0.717, 1.165) is 11.9 Å². The van der Waals surface area contributed by atoms with Crippen LogP contribution in [0.25, 0.3) is 16.7 Å². The Bertz CT molecular complexity index is 1330. The molecule has 4 rings (SSSR count). The highest BCUT2D eigenvalue weighted by Crippen LogP contribution is 2.27. The van der Waals surface area contributed by atoms with Crippen molar-refractivity contribution in [3.05, 3.63) is 64.4 Å². The largest absolute Gasteiger partial charge is 0.497 e. The minimum Gasteiger partial charge on any atom is -0.497 e. The lowest BCUT2D eigenvalue weighted by atomic mass is 10.1. The first-order valence-corrected chi connectivity index (χ1v) is 11.5. The lowest BCUT2D eigenvalue weighted by Crippen LogP contribution is -2.24. The molecule has 166 valence electrons. The van der Waals surface area contributed by atoms with Crippen molar-refractivity contribution < 1.29 is 9.53 Å². The first kappa shape index (κ1) is 22.1. The number of para-hydroxylation sites is 1. The second-order valence-corrected chi connectivity index (χ2v) is 9.44. The number of ether oxygens (including phenoxy) is 1. The Hall–Kier alpha value is -3.13. The average molecular weight is 451 g/mol. The summed E-state index contributed by atoms with van der Waals surface area (Å²) in [5.41, 5.74) is 1.28. The van der Waals surface area contributed by atoms with Crippen LogP contribution in [0.15, 0.2) is 58.5 Å². The molecule has 7 nitrogen and oxygen atoms in total. The number of nitrogens with zero attached hydrogens (tertiary/aromatic N) is 4. The number of rotatable bonds is 8. The summed E-state index contributed by atoms with van der Waals surface area (Å²) in [6, 6.07) is 14.5. The van der Waals surface area contributed by atoms with Crippen molar-refractivity contribution >= 4 is 34.2 Å². The third-order valence-electron chi connectivity index (χ3n) is 5.43. The number of aromatic nitrogens is 4. The van der Waals surface area contributed by atoms with Crippen LogP contribution in [0.1, 0.15) is 37.6 Å². The van der Waals surface area contributed by atoms with Crippen LogP contribution in [0.5, 0.6) is 5.75 Å². The van der Waals surface area contributed by atoms with Gasteiger partial charge in [-0.05, 0) is 55.7 Å². The fraction of sp³-hybridized carbons (Fsp3) is 0.333. The van der Waals surface area contributed by atoms with Gasteiger partial charge >= 0.3 is 0 Å². The number of carbonyl (C=O) groups is 1. The standard InChI is InChI=1S/C24H26N4O3S/c1-15(2)13-14-27-22(30)19-7-5-6-8-20(19)28-23(27)25-26-24(28)32-16(3)21(29)17-9-11-18(31-4)12-10-17/h5-12,15-16H,13-14H2,1-4H3. The molecule has 0 spiro atoms. The molecule has 0 radical (unpaired) electrons. The summed E-state index contributed by atoms with van der Waals surface area (Å²) >= 11 is 1.34. The van der Waals surface area contributed by atoms with Gasteiger partial charge in [0.1, 0.15) is 5.75 Å². The molecular formula is C24H26N4O3S. The van der Waals surface area contributed by atoms with Gasteiger partial charge in [-0.25, -0.2) is 0 Å². The minimum absolute atomic E-state index is 0.00756. The molecule has 0 aliphatic rings. The zero-order valence-electron chi connectivity index (χ0n) is 18.6. The molecule has 2 heterocycles. The van der Waals surface area contributed by atoms with Crippen molar-refractivity contribution in [3.8, 4) is 5.75 Å². The fourth-order valence-electron chi connectivity index (χ4n) is 3.60. The number of aryl methyl sites for hydroxylation is 1. The second kappa shape index (κ2) is 9.16. The van der Waals surface area contributed by atoms with Crippen LogP contribution in [-0.4, -0.2) is 37.3 Å². The van der Waals surface area contributed by atoms with E-state index in [1.54, 1.807) is 35.9 Å². The molecule has 0 fully saturated rings. The van der Waals surface area contributed by atoms with Gasteiger partial charge in [-0.15, -0.1) is 10.2 Å². The predicted molar refractivity (Wildman–Crippen MR) is 127 cm³/mol. The molecule has 0 saturated heterocycles. The Labute approximate surface area is 190 Å². The highest BCUT2D eigenvalue weighted by Gasteiger charge is 2.22. The van der Waals surface area contributed by atoms with E-state index in [-0.39, 0.29) is 16.6 Å². The molecule has 0 saturated carbocycles. The maximum atomic E-state index is 13.1. The van der Waals surface area contributed by atoms with Gasteiger partial charge in [0.05, 0.1) is 23.3 Å². The first-order valence-electron chi connectivity index (χ1n) is 10.6. The SMILES string of the molecule is COc1ccc(C(=O)C(C)Sc2nnc3n(CCC(C)C)c(=O)c4ccccc4n23)cc1. The molecule has 2 aromatic heterocycles. The van der Waals surface area contributed by atoms with E-state index >= 15 is 0 Å². The van der Waals surface area contributed by atoms with Crippen LogP contribution in [0.4, 0.5) is 0 Å². The minimum atomic E-state index is -0.384. The van der Waals surface area contributed by atoms with Crippen LogP contribution >= 0.6 is 11.8 Å². The Morgan fingerprint density at radius 2 is 1.78 bits per heavy atom. The first-order chi connectivity index (χ1) is 15.4. The lowest BCUT2D eigenvalue weighted by molar-refractivity contribution is 0.0994. The molecule has 0 amide bonds. The summed E-state index contributed by atoms with van der Waals surface area (Å²) in [4.78, 5) is 26.1. The molecule has 8 heteroatoms. The number of carbonyl (C=O) groups excluding carboxylic acids is 1. The smallest absolute Gasteiger partial charge is 0.262 e. The van der Waals surface area contributed by atoms with Crippen LogP contribution in [-0.2, 0) is 6.54 Å². The zero-order chi connectivity index (χ0) is 22.8. The van der Waals surface area contributed by atoms with Gasteiger partial charge in [0.15, 0.2) is 10.9 Å². The number of hydrogen-bond donors (Lipinski definition) is 0. The highest BCUT2D eigenvalue weighted by molar-refractivity contribution is 8.00. The quantitative estimate of drug-likeness (QED) is 0.291. The van der Waals surface area contributed by atoms with Crippen LogP contribution < -0.4 is 10.3 Å². The van der Waals surface area contributed by atoms with E-state index in [9.17, 15) is 9.59 Å². The normalized spacial score (nSPS) is 12.5. The summed E-state index contributed by atoms with van der Waals surface area (Å²) in [6.07, 6.45) is 0.857. The number of hydrogen-bond acceptors (Lipinski definition) is 6. The number of thioether (sulfide) groups is 1. The average Bonchev–Trinajstić information content (AvgIpc) is 3.21. The van der Waals surface area contributed by atoms with E-state index in [2.05, 4.69) is 24.0 Å². The van der Waals surface area contributed by atoms with Crippen molar-refractivity contribution in [3.63, 3.8) is 0 Å². The van der Waals surface area contributed by atoms with Gasteiger partial charge in [0.2, 0.25) is 5.78 Å². The second-order valence-electron chi connectivity index (χ2n) is 8.13. The summed E-state index contributed by atoms with van der Waals surface area (Å²) in [6.45, 7) is 6.67. The van der Waals surface area contributed by atoms with Gasteiger partial charge < -0.3 is 4.74 Å². The lowest BCUT2D eigenvalue weighted by Gasteiger charge is -2.13. The Balaban J connectivity index is 1.74. The monoisotopic (exact) mass is 450 g/mol. The van der Waals surface area contributed by atoms with Crippen molar-refractivity contribution in [1.82, 2.24) is 19.2 Å². The van der Waals surface area contributed by atoms with Gasteiger partial charge in [-0.3, -0.25) is 18.6 Å². The van der Waals surface area contributed by atoms with Crippen molar-refractivity contribution in [1.29, 1.82) is 0 Å². The topological polar surface area (TPSA) is 78.5 Å². The van der Waals surface area contributed by atoms with E-state index in [0.29, 0.717) is 40.1 Å². The van der Waals surface area contributed by atoms with E-state index < -0.39 is 0 Å². The fourth-order valence-corrected chi connectivity index (χ4v) is 4.53. The number of fused-ring (bicyclic) bond motifs is 3. The number of methoxy groups -OCH3 is 1. The molecule has 0 aliphatic carbocycles. The maximum absolute atomic E-state index is 13.1. The molecule has 1 atom stereocenters.